The second kappa shape index (κ2) is 9.17. The molecular formula is C23H28N2O7S. The molecular weight excluding hydrogens is 448 g/mol. The Kier molecular flexibility index (Phi) is 6.47. The van der Waals surface area contributed by atoms with Gasteiger partial charge in [0.1, 0.15) is 0 Å². The van der Waals surface area contributed by atoms with Gasteiger partial charge in [-0.05, 0) is 51.3 Å². The van der Waals surface area contributed by atoms with Crippen molar-refractivity contribution in [1.29, 1.82) is 0 Å². The van der Waals surface area contributed by atoms with Crippen molar-refractivity contribution in [2.24, 2.45) is 5.92 Å². The average Bonchev–Trinajstić information content (AvgIpc) is 3.51. The molecule has 33 heavy (non-hydrogen) atoms. The van der Waals surface area contributed by atoms with E-state index < -0.39 is 15.8 Å². The highest BCUT2D eigenvalue weighted by atomic mass is 32.2. The van der Waals surface area contributed by atoms with Gasteiger partial charge in [-0.1, -0.05) is 0 Å². The van der Waals surface area contributed by atoms with E-state index in [0.717, 1.165) is 5.69 Å². The van der Waals surface area contributed by atoms with Crippen LogP contribution >= 0.6 is 0 Å². The molecule has 1 amide bonds. The van der Waals surface area contributed by atoms with E-state index in [1.54, 1.807) is 30.0 Å². The number of hydrogen-bond acceptors (Lipinski definition) is 7. The Morgan fingerprint density at radius 3 is 2.48 bits per heavy atom. The number of carbonyl (C=O) groups excluding carboxylic acids is 3. The third kappa shape index (κ3) is 4.90. The Bertz CT molecular complexity index is 1160. The van der Waals surface area contributed by atoms with Gasteiger partial charge in [0.25, 0.3) is 5.91 Å². The lowest BCUT2D eigenvalue weighted by Gasteiger charge is -2.30. The second-order valence-corrected chi connectivity index (χ2v) is 11.0. The summed E-state index contributed by atoms with van der Waals surface area (Å²) in [5, 5.41) is 0. The van der Waals surface area contributed by atoms with E-state index in [9.17, 15) is 22.8 Å². The summed E-state index contributed by atoms with van der Waals surface area (Å²) in [6.45, 7) is 4.10. The van der Waals surface area contributed by atoms with Crippen LogP contribution in [-0.2, 0) is 19.4 Å². The minimum absolute atomic E-state index is 0.0765. The number of Topliss-reactive ketones (excluding diaryl/α,β-unsaturated/α-hetero) is 1. The number of carbonyl (C=O) groups is 3. The Labute approximate surface area is 192 Å². The molecule has 2 aliphatic rings. The molecule has 0 spiro atoms. The molecule has 9 nitrogen and oxygen atoms in total. The molecule has 0 aromatic carbocycles. The smallest absolute Gasteiger partial charge is 0.309 e. The van der Waals surface area contributed by atoms with E-state index in [1.165, 1.54) is 6.26 Å². The first-order chi connectivity index (χ1) is 15.7. The first kappa shape index (κ1) is 23.3. The zero-order valence-corrected chi connectivity index (χ0v) is 19.6. The molecule has 0 N–H and O–H groups in total. The van der Waals surface area contributed by atoms with Crippen LogP contribution in [0.5, 0.6) is 0 Å². The number of likely N-dealkylation sites (tertiary alicyclic amines) is 1. The van der Waals surface area contributed by atoms with Crippen molar-refractivity contribution in [3.05, 3.63) is 47.2 Å². The predicted molar refractivity (Wildman–Crippen MR) is 119 cm³/mol. The highest BCUT2D eigenvalue weighted by Crippen LogP contribution is 2.29. The number of ketones is 1. The van der Waals surface area contributed by atoms with Crippen LogP contribution in [-0.4, -0.2) is 66.7 Å². The summed E-state index contributed by atoms with van der Waals surface area (Å²) in [7, 11) is -3.05. The molecule has 2 aromatic rings. The van der Waals surface area contributed by atoms with Gasteiger partial charge >= 0.3 is 5.97 Å². The van der Waals surface area contributed by atoms with E-state index in [2.05, 4.69) is 0 Å². The molecule has 0 saturated carbocycles. The first-order valence-electron chi connectivity index (χ1n) is 11.1. The number of aromatic nitrogens is 1. The summed E-state index contributed by atoms with van der Waals surface area (Å²) in [6.07, 6.45) is 2.90. The summed E-state index contributed by atoms with van der Waals surface area (Å²) < 4.78 is 36.1. The van der Waals surface area contributed by atoms with Crippen LogP contribution in [0, 0.1) is 19.8 Å². The van der Waals surface area contributed by atoms with Crippen LogP contribution < -0.4 is 0 Å². The molecule has 2 saturated heterocycles. The normalized spacial score (nSPS) is 20.7. The van der Waals surface area contributed by atoms with E-state index in [1.807, 2.05) is 11.5 Å². The number of nitrogens with zero attached hydrogens (tertiary/aromatic N) is 2. The van der Waals surface area contributed by atoms with Crippen molar-refractivity contribution in [3.8, 4) is 0 Å². The number of rotatable bonds is 6. The Morgan fingerprint density at radius 2 is 1.88 bits per heavy atom. The van der Waals surface area contributed by atoms with Crippen LogP contribution in [0.3, 0.4) is 0 Å². The van der Waals surface area contributed by atoms with E-state index in [0.29, 0.717) is 43.6 Å². The maximum atomic E-state index is 12.8. The minimum atomic E-state index is -3.05. The van der Waals surface area contributed by atoms with Crippen LogP contribution in [0.2, 0.25) is 0 Å². The maximum absolute atomic E-state index is 12.8. The zero-order valence-electron chi connectivity index (χ0n) is 18.8. The molecule has 1 unspecified atom stereocenters. The molecule has 4 heterocycles. The number of furan rings is 1. The summed E-state index contributed by atoms with van der Waals surface area (Å²) in [5.41, 5.74) is 1.96. The lowest BCUT2D eigenvalue weighted by Crippen LogP contribution is -2.40. The lowest BCUT2D eigenvalue weighted by molar-refractivity contribution is -0.148. The van der Waals surface area contributed by atoms with Crippen molar-refractivity contribution in [2.75, 3.05) is 31.2 Å². The van der Waals surface area contributed by atoms with E-state index >= 15 is 0 Å². The fraction of sp³-hybridized carbons (Fsp3) is 0.522. The van der Waals surface area contributed by atoms with Gasteiger partial charge in [-0.2, -0.15) is 0 Å². The third-order valence-electron chi connectivity index (χ3n) is 6.55. The second-order valence-electron chi connectivity index (χ2n) is 8.79. The SMILES string of the molecule is Cc1cc(C(=O)COC(=O)C2CCN(C(=O)c3ccco3)CC2)c(C)n1C1CCS(=O)(=O)C1. The minimum Gasteiger partial charge on any atom is -0.459 e. The quantitative estimate of drug-likeness (QED) is 0.464. The van der Waals surface area contributed by atoms with Crippen molar-refractivity contribution < 1.29 is 32.0 Å². The van der Waals surface area contributed by atoms with Crippen molar-refractivity contribution in [2.45, 2.75) is 39.2 Å². The molecule has 178 valence electrons. The molecule has 2 aromatic heterocycles. The lowest BCUT2D eigenvalue weighted by atomic mass is 9.97. The number of sulfone groups is 1. The molecule has 0 radical (unpaired) electrons. The Hall–Kier alpha value is -2.88. The van der Waals surface area contributed by atoms with E-state index in [4.69, 9.17) is 9.15 Å². The summed E-state index contributed by atoms with van der Waals surface area (Å²) in [5.74, 6) is -0.816. The molecule has 10 heteroatoms. The molecule has 2 aliphatic heterocycles. The number of hydrogen-bond donors (Lipinski definition) is 0. The monoisotopic (exact) mass is 476 g/mol. The topological polar surface area (TPSA) is 116 Å². The number of amides is 1. The van der Waals surface area contributed by atoms with Gasteiger partial charge in [0.15, 0.2) is 22.2 Å². The fourth-order valence-corrected chi connectivity index (χ4v) is 6.51. The van der Waals surface area contributed by atoms with Gasteiger partial charge in [-0.15, -0.1) is 0 Å². The highest BCUT2D eigenvalue weighted by molar-refractivity contribution is 7.91. The Balaban J connectivity index is 1.31. The summed E-state index contributed by atoms with van der Waals surface area (Å²) in [4.78, 5) is 39.3. The highest BCUT2D eigenvalue weighted by Gasteiger charge is 2.33. The van der Waals surface area contributed by atoms with Crippen LogP contribution in [0.25, 0.3) is 0 Å². The van der Waals surface area contributed by atoms with Gasteiger partial charge in [-0.3, -0.25) is 14.4 Å². The standard InChI is InChI=1S/C23H28N2O7S/c1-15-12-19(16(2)25(15)18-7-11-33(29,30)14-18)20(26)13-32-23(28)17-5-8-24(9-6-17)22(27)21-4-3-10-31-21/h3-4,10,12,17-18H,5-9,11,13-14H2,1-2H3. The molecule has 2 fully saturated rings. The van der Waals surface area contributed by atoms with Crippen LogP contribution in [0.15, 0.2) is 28.9 Å². The predicted octanol–water partition coefficient (Wildman–Crippen LogP) is 2.34. The summed E-state index contributed by atoms with van der Waals surface area (Å²) >= 11 is 0. The Morgan fingerprint density at radius 1 is 1.15 bits per heavy atom. The fourth-order valence-electron chi connectivity index (χ4n) is 4.81. The first-order valence-corrected chi connectivity index (χ1v) is 12.9. The molecule has 4 rings (SSSR count). The number of ether oxygens (including phenoxy) is 1. The van der Waals surface area contributed by atoms with Gasteiger partial charge < -0.3 is 18.6 Å². The number of piperidine rings is 1. The van der Waals surface area contributed by atoms with Crippen LogP contribution in [0.1, 0.15) is 57.6 Å². The maximum Gasteiger partial charge on any atom is 0.309 e. The number of esters is 1. The van der Waals surface area contributed by atoms with Crippen molar-refractivity contribution >= 4 is 27.5 Å². The van der Waals surface area contributed by atoms with Gasteiger partial charge in [0, 0.05) is 36.1 Å². The zero-order chi connectivity index (χ0) is 23.8. The summed E-state index contributed by atoms with van der Waals surface area (Å²) in [6, 6.07) is 4.82. The third-order valence-corrected chi connectivity index (χ3v) is 8.30. The molecule has 1 atom stereocenters. The van der Waals surface area contributed by atoms with Crippen molar-refractivity contribution in [1.82, 2.24) is 9.47 Å². The molecule has 0 bridgehead atoms. The average molecular weight is 477 g/mol. The van der Waals surface area contributed by atoms with Gasteiger partial charge in [0.2, 0.25) is 5.78 Å². The van der Waals surface area contributed by atoms with Gasteiger partial charge in [-0.25, -0.2) is 8.42 Å². The van der Waals surface area contributed by atoms with Crippen molar-refractivity contribution in [3.63, 3.8) is 0 Å². The number of aryl methyl sites for hydroxylation is 1. The van der Waals surface area contributed by atoms with Gasteiger partial charge in [0.05, 0.1) is 23.7 Å². The largest absolute Gasteiger partial charge is 0.459 e. The molecule has 0 aliphatic carbocycles. The van der Waals surface area contributed by atoms with Crippen LogP contribution in [0.4, 0.5) is 0 Å². The van der Waals surface area contributed by atoms with E-state index in [-0.39, 0.29) is 47.5 Å².